The number of hydrogen-bond donors (Lipinski definition) is 1. The average molecular weight is 237 g/mol. The Balaban J connectivity index is 1.95. The van der Waals surface area contributed by atoms with E-state index in [4.69, 9.17) is 9.84 Å². The Morgan fingerprint density at radius 1 is 1.53 bits per heavy atom. The Morgan fingerprint density at radius 2 is 2.41 bits per heavy atom. The molecule has 1 aliphatic heterocycles. The standard InChI is InChI=1S/C12H19N3O2/c1-15(7-10-3-2-4-17-9-10)12-6-13-5-11(8-16)14-12/h5-6,10,16H,2-4,7-9H2,1H3. The van der Waals surface area contributed by atoms with E-state index in [2.05, 4.69) is 14.9 Å². The number of aliphatic hydroxyl groups excluding tert-OH is 1. The molecule has 2 heterocycles. The summed E-state index contributed by atoms with van der Waals surface area (Å²) >= 11 is 0. The number of hydrogen-bond acceptors (Lipinski definition) is 5. The molecule has 0 aromatic carbocycles. The molecule has 5 nitrogen and oxygen atoms in total. The van der Waals surface area contributed by atoms with Gasteiger partial charge in [-0.05, 0) is 18.8 Å². The predicted octanol–water partition coefficient (Wildman–Crippen LogP) is 0.832. The molecule has 2 rings (SSSR count). The number of aliphatic hydroxyl groups is 1. The van der Waals surface area contributed by atoms with E-state index in [0.717, 1.165) is 32.0 Å². The molecule has 0 aliphatic carbocycles. The molecule has 1 aliphatic rings. The molecule has 1 saturated heterocycles. The van der Waals surface area contributed by atoms with Gasteiger partial charge in [0.05, 0.1) is 31.3 Å². The van der Waals surface area contributed by atoms with Gasteiger partial charge in [-0.3, -0.25) is 4.98 Å². The van der Waals surface area contributed by atoms with Gasteiger partial charge in [-0.25, -0.2) is 4.98 Å². The van der Waals surface area contributed by atoms with Crippen molar-refractivity contribution in [3.8, 4) is 0 Å². The molecule has 1 aromatic heterocycles. The van der Waals surface area contributed by atoms with Gasteiger partial charge in [0, 0.05) is 20.2 Å². The summed E-state index contributed by atoms with van der Waals surface area (Å²) in [5.41, 5.74) is 0.606. The molecule has 1 unspecified atom stereocenters. The second-order valence-electron chi connectivity index (χ2n) is 4.49. The highest BCUT2D eigenvalue weighted by Gasteiger charge is 2.16. The van der Waals surface area contributed by atoms with Gasteiger partial charge >= 0.3 is 0 Å². The second-order valence-corrected chi connectivity index (χ2v) is 4.49. The first-order chi connectivity index (χ1) is 8.29. The maximum absolute atomic E-state index is 9.02. The van der Waals surface area contributed by atoms with Crippen molar-refractivity contribution < 1.29 is 9.84 Å². The topological polar surface area (TPSA) is 58.5 Å². The van der Waals surface area contributed by atoms with Crippen molar-refractivity contribution in [1.29, 1.82) is 0 Å². The van der Waals surface area contributed by atoms with Crippen molar-refractivity contribution in [2.45, 2.75) is 19.4 Å². The van der Waals surface area contributed by atoms with Crippen LogP contribution >= 0.6 is 0 Å². The summed E-state index contributed by atoms with van der Waals surface area (Å²) in [7, 11) is 2.00. The largest absolute Gasteiger partial charge is 0.390 e. The third kappa shape index (κ3) is 3.38. The van der Waals surface area contributed by atoms with Crippen LogP contribution in [-0.4, -0.2) is 41.9 Å². The molecule has 0 amide bonds. The van der Waals surface area contributed by atoms with Crippen LogP contribution in [0, 0.1) is 5.92 Å². The molecule has 1 atom stereocenters. The summed E-state index contributed by atoms with van der Waals surface area (Å²) in [5.74, 6) is 1.37. The number of nitrogens with zero attached hydrogens (tertiary/aromatic N) is 3. The fraction of sp³-hybridized carbons (Fsp3) is 0.667. The number of anilines is 1. The Bertz CT molecular complexity index is 353. The van der Waals surface area contributed by atoms with Gasteiger partial charge in [0.1, 0.15) is 5.82 Å². The SMILES string of the molecule is CN(CC1CCCOC1)c1cncc(CO)n1. The maximum Gasteiger partial charge on any atom is 0.147 e. The van der Waals surface area contributed by atoms with Crippen LogP contribution in [0.4, 0.5) is 5.82 Å². The molecule has 1 aromatic rings. The van der Waals surface area contributed by atoms with Gasteiger partial charge in [0.15, 0.2) is 0 Å². The van der Waals surface area contributed by atoms with E-state index < -0.39 is 0 Å². The van der Waals surface area contributed by atoms with E-state index >= 15 is 0 Å². The molecule has 0 spiro atoms. The summed E-state index contributed by atoms with van der Waals surface area (Å²) in [5, 5.41) is 9.02. The molecule has 0 saturated carbocycles. The zero-order chi connectivity index (χ0) is 12.1. The summed E-state index contributed by atoms with van der Waals surface area (Å²) in [6, 6.07) is 0. The summed E-state index contributed by atoms with van der Waals surface area (Å²) in [6.45, 7) is 2.57. The zero-order valence-corrected chi connectivity index (χ0v) is 10.2. The van der Waals surface area contributed by atoms with Crippen molar-refractivity contribution in [3.63, 3.8) is 0 Å². The van der Waals surface area contributed by atoms with Crippen LogP contribution in [0.25, 0.3) is 0 Å². The molecule has 0 bridgehead atoms. The van der Waals surface area contributed by atoms with Gasteiger partial charge in [-0.1, -0.05) is 0 Å². The van der Waals surface area contributed by atoms with Crippen molar-refractivity contribution in [2.75, 3.05) is 31.7 Å². The van der Waals surface area contributed by atoms with E-state index in [9.17, 15) is 0 Å². The van der Waals surface area contributed by atoms with Crippen LogP contribution in [0.2, 0.25) is 0 Å². The van der Waals surface area contributed by atoms with Crippen LogP contribution in [0.15, 0.2) is 12.4 Å². The number of aromatic nitrogens is 2. The molecular weight excluding hydrogens is 218 g/mol. The highest BCUT2D eigenvalue weighted by Crippen LogP contribution is 2.17. The summed E-state index contributed by atoms with van der Waals surface area (Å²) in [6.07, 6.45) is 5.65. The first kappa shape index (κ1) is 12.3. The Labute approximate surface area is 101 Å². The van der Waals surface area contributed by atoms with Gasteiger partial charge in [-0.2, -0.15) is 0 Å². The van der Waals surface area contributed by atoms with Crippen LogP contribution in [0.1, 0.15) is 18.5 Å². The van der Waals surface area contributed by atoms with Crippen LogP contribution in [0.3, 0.4) is 0 Å². The minimum absolute atomic E-state index is 0.0682. The lowest BCUT2D eigenvalue weighted by Crippen LogP contribution is -2.31. The molecular formula is C12H19N3O2. The maximum atomic E-state index is 9.02. The van der Waals surface area contributed by atoms with E-state index in [1.54, 1.807) is 12.4 Å². The first-order valence-corrected chi connectivity index (χ1v) is 6.00. The van der Waals surface area contributed by atoms with Crippen LogP contribution < -0.4 is 4.90 Å². The van der Waals surface area contributed by atoms with Crippen LogP contribution in [-0.2, 0) is 11.3 Å². The molecule has 94 valence electrons. The van der Waals surface area contributed by atoms with Gasteiger partial charge < -0.3 is 14.7 Å². The quantitative estimate of drug-likeness (QED) is 0.840. The summed E-state index contributed by atoms with van der Waals surface area (Å²) in [4.78, 5) is 10.5. The van der Waals surface area contributed by atoms with E-state index in [1.807, 2.05) is 7.05 Å². The Morgan fingerprint density at radius 3 is 3.12 bits per heavy atom. The molecule has 1 N–H and O–H groups in total. The van der Waals surface area contributed by atoms with Crippen molar-refractivity contribution in [2.24, 2.45) is 5.92 Å². The van der Waals surface area contributed by atoms with Gasteiger partial charge in [0.2, 0.25) is 0 Å². The fourth-order valence-electron chi connectivity index (χ4n) is 2.09. The average Bonchev–Trinajstić information content (AvgIpc) is 2.40. The molecule has 1 fully saturated rings. The lowest BCUT2D eigenvalue weighted by molar-refractivity contribution is 0.0576. The van der Waals surface area contributed by atoms with E-state index in [1.165, 1.54) is 6.42 Å². The smallest absolute Gasteiger partial charge is 0.147 e. The minimum Gasteiger partial charge on any atom is -0.390 e. The monoisotopic (exact) mass is 237 g/mol. The van der Waals surface area contributed by atoms with Crippen LogP contribution in [0.5, 0.6) is 0 Å². The Hall–Kier alpha value is -1.20. The fourth-order valence-corrected chi connectivity index (χ4v) is 2.09. The predicted molar refractivity (Wildman–Crippen MR) is 64.8 cm³/mol. The minimum atomic E-state index is -0.0682. The third-order valence-electron chi connectivity index (χ3n) is 3.01. The third-order valence-corrected chi connectivity index (χ3v) is 3.01. The highest BCUT2D eigenvalue weighted by molar-refractivity contribution is 5.35. The van der Waals surface area contributed by atoms with E-state index in [0.29, 0.717) is 11.6 Å². The second kappa shape index (κ2) is 5.93. The van der Waals surface area contributed by atoms with Crippen molar-refractivity contribution in [3.05, 3.63) is 18.1 Å². The lowest BCUT2D eigenvalue weighted by atomic mass is 10.0. The normalized spacial score (nSPS) is 20.2. The highest BCUT2D eigenvalue weighted by atomic mass is 16.5. The van der Waals surface area contributed by atoms with Gasteiger partial charge in [-0.15, -0.1) is 0 Å². The molecule has 5 heteroatoms. The Kier molecular flexibility index (Phi) is 4.28. The lowest BCUT2D eigenvalue weighted by Gasteiger charge is -2.27. The molecule has 0 radical (unpaired) electrons. The number of ether oxygens (including phenoxy) is 1. The van der Waals surface area contributed by atoms with Crippen molar-refractivity contribution >= 4 is 5.82 Å². The summed E-state index contributed by atoms with van der Waals surface area (Å²) < 4.78 is 5.46. The zero-order valence-electron chi connectivity index (χ0n) is 10.2. The van der Waals surface area contributed by atoms with E-state index in [-0.39, 0.29) is 6.61 Å². The first-order valence-electron chi connectivity index (χ1n) is 6.00. The molecule has 17 heavy (non-hydrogen) atoms. The van der Waals surface area contributed by atoms with Crippen molar-refractivity contribution in [1.82, 2.24) is 9.97 Å². The number of rotatable bonds is 4. The van der Waals surface area contributed by atoms with Gasteiger partial charge in [0.25, 0.3) is 0 Å².